The first-order valence-electron chi connectivity index (χ1n) is 7.10. The van der Waals surface area contributed by atoms with Crippen molar-refractivity contribution < 1.29 is 4.74 Å². The second kappa shape index (κ2) is 6.02. The van der Waals surface area contributed by atoms with Gasteiger partial charge in [0.1, 0.15) is 0 Å². The van der Waals surface area contributed by atoms with Crippen molar-refractivity contribution in [2.75, 3.05) is 13.1 Å². The number of hydrogen-bond acceptors (Lipinski definition) is 2. The summed E-state index contributed by atoms with van der Waals surface area (Å²) < 4.78 is 6.31. The van der Waals surface area contributed by atoms with E-state index in [0.29, 0.717) is 12.2 Å². The predicted molar refractivity (Wildman–Crippen MR) is 67.6 cm³/mol. The molecule has 0 aromatic heterocycles. The molecule has 3 unspecified atom stereocenters. The molecule has 1 heterocycles. The van der Waals surface area contributed by atoms with Crippen LogP contribution in [0.1, 0.15) is 52.4 Å². The third kappa shape index (κ3) is 3.74. The summed E-state index contributed by atoms with van der Waals surface area (Å²) in [5.41, 5.74) is 0. The van der Waals surface area contributed by atoms with Crippen molar-refractivity contribution in [1.82, 2.24) is 5.32 Å². The fourth-order valence-electron chi connectivity index (χ4n) is 3.38. The molecule has 94 valence electrons. The highest BCUT2D eigenvalue weighted by Gasteiger charge is 2.26. The van der Waals surface area contributed by atoms with Crippen molar-refractivity contribution in [3.63, 3.8) is 0 Å². The minimum absolute atomic E-state index is 0.525. The third-order valence-electron chi connectivity index (χ3n) is 4.04. The summed E-state index contributed by atoms with van der Waals surface area (Å²) in [4.78, 5) is 0. The van der Waals surface area contributed by atoms with E-state index in [1.807, 2.05) is 0 Å². The predicted octanol–water partition coefficient (Wildman–Crippen LogP) is 2.97. The van der Waals surface area contributed by atoms with Gasteiger partial charge in [-0.3, -0.25) is 0 Å². The van der Waals surface area contributed by atoms with E-state index >= 15 is 0 Å². The number of rotatable bonds is 2. The number of hydrogen-bond donors (Lipinski definition) is 1. The molecule has 0 bridgehead atoms. The molecule has 1 aliphatic carbocycles. The van der Waals surface area contributed by atoms with Gasteiger partial charge in [0, 0.05) is 0 Å². The molecule has 2 heteroatoms. The minimum atomic E-state index is 0.525. The molecule has 1 saturated carbocycles. The molecular formula is C14H27NO. The van der Waals surface area contributed by atoms with E-state index in [4.69, 9.17) is 4.74 Å². The van der Waals surface area contributed by atoms with Crippen molar-refractivity contribution in [2.45, 2.75) is 64.6 Å². The van der Waals surface area contributed by atoms with E-state index < -0.39 is 0 Å². The molecule has 0 aromatic carbocycles. The molecule has 2 nitrogen and oxygen atoms in total. The Morgan fingerprint density at radius 1 is 0.875 bits per heavy atom. The maximum absolute atomic E-state index is 6.31. The first kappa shape index (κ1) is 12.4. The summed E-state index contributed by atoms with van der Waals surface area (Å²) in [6, 6.07) is 0. The monoisotopic (exact) mass is 225 g/mol. The Hall–Kier alpha value is -0.0800. The summed E-state index contributed by atoms with van der Waals surface area (Å²) in [6.45, 7) is 7.07. The molecule has 2 fully saturated rings. The van der Waals surface area contributed by atoms with Crippen molar-refractivity contribution in [1.29, 1.82) is 0 Å². The van der Waals surface area contributed by atoms with Crippen LogP contribution in [-0.4, -0.2) is 25.3 Å². The molecule has 0 amide bonds. The van der Waals surface area contributed by atoms with E-state index in [1.54, 1.807) is 0 Å². The summed E-state index contributed by atoms with van der Waals surface area (Å²) >= 11 is 0. The van der Waals surface area contributed by atoms with Crippen LogP contribution >= 0.6 is 0 Å². The van der Waals surface area contributed by atoms with Gasteiger partial charge >= 0.3 is 0 Å². The van der Waals surface area contributed by atoms with E-state index in [9.17, 15) is 0 Å². The first-order valence-corrected chi connectivity index (χ1v) is 7.10. The Kier molecular flexibility index (Phi) is 4.66. The molecule has 1 saturated heterocycles. The molecule has 1 aliphatic heterocycles. The van der Waals surface area contributed by atoms with Crippen LogP contribution in [0.3, 0.4) is 0 Å². The quantitative estimate of drug-likeness (QED) is 0.780. The number of ether oxygens (including phenoxy) is 1. The average Bonchev–Trinajstić information content (AvgIpc) is 2.44. The zero-order chi connectivity index (χ0) is 11.4. The molecule has 0 aromatic rings. The fraction of sp³-hybridized carbons (Fsp3) is 1.00. The van der Waals surface area contributed by atoms with Crippen LogP contribution in [0.2, 0.25) is 0 Å². The first-order chi connectivity index (χ1) is 7.74. The highest BCUT2D eigenvalue weighted by atomic mass is 16.5. The van der Waals surface area contributed by atoms with Crippen LogP contribution in [0.15, 0.2) is 0 Å². The second-order valence-corrected chi connectivity index (χ2v) is 5.98. The van der Waals surface area contributed by atoms with Crippen molar-refractivity contribution >= 4 is 0 Å². The highest BCUT2D eigenvalue weighted by Crippen LogP contribution is 2.31. The van der Waals surface area contributed by atoms with Gasteiger partial charge in [0.25, 0.3) is 0 Å². The van der Waals surface area contributed by atoms with E-state index in [2.05, 4.69) is 19.2 Å². The summed E-state index contributed by atoms with van der Waals surface area (Å²) in [5.74, 6) is 1.72. The van der Waals surface area contributed by atoms with Crippen LogP contribution < -0.4 is 5.32 Å². The Bertz CT molecular complexity index is 189. The topological polar surface area (TPSA) is 21.3 Å². The van der Waals surface area contributed by atoms with Gasteiger partial charge in [-0.2, -0.15) is 0 Å². The molecule has 1 N–H and O–H groups in total. The molecule has 16 heavy (non-hydrogen) atoms. The zero-order valence-electron chi connectivity index (χ0n) is 10.9. The van der Waals surface area contributed by atoms with E-state index in [1.165, 1.54) is 45.1 Å². The lowest BCUT2D eigenvalue weighted by molar-refractivity contribution is -0.0527. The van der Waals surface area contributed by atoms with Gasteiger partial charge in [0.2, 0.25) is 0 Å². The van der Waals surface area contributed by atoms with Gasteiger partial charge in [0.05, 0.1) is 12.2 Å². The zero-order valence-corrected chi connectivity index (χ0v) is 10.9. The van der Waals surface area contributed by atoms with Crippen LogP contribution in [-0.2, 0) is 4.74 Å². The summed E-state index contributed by atoms with van der Waals surface area (Å²) in [7, 11) is 0. The van der Waals surface area contributed by atoms with E-state index in [-0.39, 0.29) is 0 Å². The minimum Gasteiger partial charge on any atom is -0.375 e. The lowest BCUT2D eigenvalue weighted by Gasteiger charge is -2.33. The molecular weight excluding hydrogens is 198 g/mol. The molecule has 2 aliphatic rings. The van der Waals surface area contributed by atoms with Crippen LogP contribution in [0, 0.1) is 11.8 Å². The Labute approximate surface area is 100 Å². The molecule has 3 atom stereocenters. The van der Waals surface area contributed by atoms with Crippen LogP contribution in [0.25, 0.3) is 0 Å². The van der Waals surface area contributed by atoms with Crippen LogP contribution in [0.5, 0.6) is 0 Å². The lowest BCUT2D eigenvalue weighted by Crippen LogP contribution is -2.30. The van der Waals surface area contributed by atoms with Gasteiger partial charge in [-0.05, 0) is 63.5 Å². The molecule has 0 spiro atoms. The van der Waals surface area contributed by atoms with Gasteiger partial charge in [-0.15, -0.1) is 0 Å². The Morgan fingerprint density at radius 2 is 1.62 bits per heavy atom. The summed E-state index contributed by atoms with van der Waals surface area (Å²) in [5, 5.41) is 3.45. The summed E-state index contributed by atoms with van der Waals surface area (Å²) in [6.07, 6.45) is 8.78. The third-order valence-corrected chi connectivity index (χ3v) is 4.04. The Morgan fingerprint density at radius 3 is 2.38 bits per heavy atom. The SMILES string of the molecule is CC1CC(C)CC(OC2CCCNCC2)C1. The Balaban J connectivity index is 1.78. The normalized spacial score (nSPS) is 41.6. The average molecular weight is 225 g/mol. The van der Waals surface area contributed by atoms with Crippen molar-refractivity contribution in [3.05, 3.63) is 0 Å². The van der Waals surface area contributed by atoms with E-state index in [0.717, 1.165) is 18.4 Å². The van der Waals surface area contributed by atoms with Gasteiger partial charge in [0.15, 0.2) is 0 Å². The van der Waals surface area contributed by atoms with Crippen molar-refractivity contribution in [3.8, 4) is 0 Å². The maximum atomic E-state index is 6.31. The second-order valence-electron chi connectivity index (χ2n) is 5.98. The highest BCUT2D eigenvalue weighted by molar-refractivity contribution is 4.77. The lowest BCUT2D eigenvalue weighted by atomic mass is 9.81. The van der Waals surface area contributed by atoms with Crippen molar-refractivity contribution in [2.24, 2.45) is 11.8 Å². The number of nitrogens with one attached hydrogen (secondary N) is 1. The standard InChI is InChI=1S/C14H27NO/c1-11-8-12(2)10-14(9-11)16-13-4-3-6-15-7-5-13/h11-15H,3-10H2,1-2H3. The smallest absolute Gasteiger partial charge is 0.0591 e. The van der Waals surface area contributed by atoms with Gasteiger partial charge < -0.3 is 10.1 Å². The fourth-order valence-corrected chi connectivity index (χ4v) is 3.38. The van der Waals surface area contributed by atoms with Gasteiger partial charge in [-0.1, -0.05) is 13.8 Å². The van der Waals surface area contributed by atoms with Crippen LogP contribution in [0.4, 0.5) is 0 Å². The maximum Gasteiger partial charge on any atom is 0.0591 e. The molecule has 2 rings (SSSR count). The molecule has 0 radical (unpaired) electrons. The van der Waals surface area contributed by atoms with Gasteiger partial charge in [-0.25, -0.2) is 0 Å². The largest absolute Gasteiger partial charge is 0.375 e.